The maximum atomic E-state index is 12.1. The van der Waals surface area contributed by atoms with Crippen molar-refractivity contribution in [1.82, 2.24) is 15.3 Å². The molecule has 1 aliphatic carbocycles. The zero-order valence-corrected chi connectivity index (χ0v) is 14.7. The summed E-state index contributed by atoms with van der Waals surface area (Å²) in [4.78, 5) is 20.4. The molecule has 2 amide bonds. The molecule has 1 heterocycles. The van der Waals surface area contributed by atoms with E-state index in [-0.39, 0.29) is 12.1 Å². The van der Waals surface area contributed by atoms with Crippen LogP contribution in [0.3, 0.4) is 0 Å². The summed E-state index contributed by atoms with van der Waals surface area (Å²) in [7, 11) is 0. The van der Waals surface area contributed by atoms with Crippen LogP contribution >= 0.6 is 0 Å². The number of hydrogen-bond acceptors (Lipinski definition) is 3. The van der Waals surface area contributed by atoms with Crippen LogP contribution in [0.5, 0.6) is 0 Å². The SMILES string of the molecule is C[C@@H](Cc1cnccn1)NC(=O)Nc1ccc(C2CCCCC2)cc1. The standard InChI is InChI=1S/C20H26N4O/c1-15(13-19-14-21-11-12-22-19)23-20(25)24-18-9-7-17(8-10-18)16-5-3-2-4-6-16/h7-12,14-16H,2-6,13H2,1H3,(H2,23,24,25)/t15-/m0/s1. The van der Waals surface area contributed by atoms with E-state index in [0.717, 1.165) is 11.4 Å². The largest absolute Gasteiger partial charge is 0.335 e. The van der Waals surface area contributed by atoms with Gasteiger partial charge in [0.1, 0.15) is 0 Å². The van der Waals surface area contributed by atoms with Crippen molar-refractivity contribution in [2.45, 2.75) is 57.4 Å². The highest BCUT2D eigenvalue weighted by atomic mass is 16.2. The Bertz CT molecular complexity index is 666. The number of anilines is 1. The molecule has 1 aromatic heterocycles. The number of hydrogen-bond donors (Lipinski definition) is 2. The number of rotatable bonds is 5. The number of nitrogens with one attached hydrogen (secondary N) is 2. The molecule has 2 aromatic rings. The summed E-state index contributed by atoms with van der Waals surface area (Å²) < 4.78 is 0. The van der Waals surface area contributed by atoms with Gasteiger partial charge in [-0.25, -0.2) is 4.79 Å². The fraction of sp³-hybridized carbons (Fsp3) is 0.450. The van der Waals surface area contributed by atoms with Gasteiger partial charge >= 0.3 is 6.03 Å². The highest BCUT2D eigenvalue weighted by Crippen LogP contribution is 2.32. The first-order valence-corrected chi connectivity index (χ1v) is 9.13. The lowest BCUT2D eigenvalue weighted by molar-refractivity contribution is 0.249. The van der Waals surface area contributed by atoms with Gasteiger partial charge in [0.25, 0.3) is 0 Å². The summed E-state index contributed by atoms with van der Waals surface area (Å²) in [6.45, 7) is 1.96. The molecule has 25 heavy (non-hydrogen) atoms. The Morgan fingerprint density at radius 3 is 2.60 bits per heavy atom. The number of carbonyl (C=O) groups is 1. The van der Waals surface area contributed by atoms with Crippen LogP contribution in [0.15, 0.2) is 42.9 Å². The molecule has 1 aliphatic rings. The maximum absolute atomic E-state index is 12.1. The van der Waals surface area contributed by atoms with E-state index in [4.69, 9.17) is 0 Å². The summed E-state index contributed by atoms with van der Waals surface area (Å²) in [5.74, 6) is 0.684. The Kier molecular flexibility index (Phi) is 5.99. The first-order valence-electron chi connectivity index (χ1n) is 9.13. The van der Waals surface area contributed by atoms with Crippen molar-refractivity contribution < 1.29 is 4.79 Å². The molecule has 0 unspecified atom stereocenters. The van der Waals surface area contributed by atoms with Crippen molar-refractivity contribution in [3.05, 3.63) is 54.1 Å². The fourth-order valence-electron chi connectivity index (χ4n) is 3.47. The molecule has 0 radical (unpaired) electrons. The molecule has 0 spiro atoms. The van der Waals surface area contributed by atoms with Crippen molar-refractivity contribution in [3.8, 4) is 0 Å². The summed E-state index contributed by atoms with van der Waals surface area (Å²) in [6.07, 6.45) is 12.3. The molecule has 1 atom stereocenters. The summed E-state index contributed by atoms with van der Waals surface area (Å²) in [5, 5.41) is 5.84. The number of urea groups is 1. The molecule has 5 heteroatoms. The van der Waals surface area contributed by atoms with Crippen LogP contribution in [0.1, 0.15) is 56.2 Å². The first kappa shape index (κ1) is 17.4. The highest BCUT2D eigenvalue weighted by molar-refractivity contribution is 5.89. The molecule has 0 saturated heterocycles. The molecule has 1 fully saturated rings. The van der Waals surface area contributed by atoms with Crippen LogP contribution in [0.4, 0.5) is 10.5 Å². The summed E-state index contributed by atoms with van der Waals surface area (Å²) in [6, 6.07) is 8.08. The molecule has 132 valence electrons. The predicted octanol–water partition coefficient (Wildman–Crippen LogP) is 4.28. The molecule has 1 aromatic carbocycles. The van der Waals surface area contributed by atoms with Crippen LogP contribution in [-0.2, 0) is 6.42 Å². The highest BCUT2D eigenvalue weighted by Gasteiger charge is 2.15. The number of carbonyl (C=O) groups excluding carboxylic acids is 1. The zero-order valence-electron chi connectivity index (χ0n) is 14.7. The Morgan fingerprint density at radius 1 is 1.16 bits per heavy atom. The van der Waals surface area contributed by atoms with Gasteiger partial charge in [-0.2, -0.15) is 0 Å². The Hall–Kier alpha value is -2.43. The van der Waals surface area contributed by atoms with E-state index in [2.05, 4.69) is 32.7 Å². The summed E-state index contributed by atoms with van der Waals surface area (Å²) >= 11 is 0. The van der Waals surface area contributed by atoms with Gasteiger partial charge < -0.3 is 10.6 Å². The van der Waals surface area contributed by atoms with E-state index in [9.17, 15) is 4.79 Å². The first-order chi connectivity index (χ1) is 12.2. The fourth-order valence-corrected chi connectivity index (χ4v) is 3.47. The second-order valence-corrected chi connectivity index (χ2v) is 6.86. The molecule has 0 bridgehead atoms. The smallest absolute Gasteiger partial charge is 0.319 e. The quantitative estimate of drug-likeness (QED) is 0.855. The predicted molar refractivity (Wildman–Crippen MR) is 99.6 cm³/mol. The van der Waals surface area contributed by atoms with E-state index in [1.807, 2.05) is 19.1 Å². The van der Waals surface area contributed by atoms with Crippen LogP contribution in [0.2, 0.25) is 0 Å². The normalized spacial score (nSPS) is 16.2. The number of amides is 2. The van der Waals surface area contributed by atoms with Crippen LogP contribution < -0.4 is 10.6 Å². The average Bonchev–Trinajstić information content (AvgIpc) is 2.63. The van der Waals surface area contributed by atoms with Gasteiger partial charge in [0.2, 0.25) is 0 Å². The third kappa shape index (κ3) is 5.28. The second kappa shape index (κ2) is 8.60. The third-order valence-corrected chi connectivity index (χ3v) is 4.75. The average molecular weight is 338 g/mol. The van der Waals surface area contributed by atoms with Crippen molar-refractivity contribution in [2.75, 3.05) is 5.32 Å². The van der Waals surface area contributed by atoms with Crippen LogP contribution in [0.25, 0.3) is 0 Å². The minimum absolute atomic E-state index is 0.0155. The topological polar surface area (TPSA) is 66.9 Å². The lowest BCUT2D eigenvalue weighted by atomic mass is 9.84. The van der Waals surface area contributed by atoms with E-state index in [0.29, 0.717) is 12.3 Å². The molecule has 2 N–H and O–H groups in total. The van der Waals surface area contributed by atoms with Gasteiger partial charge in [-0.1, -0.05) is 31.4 Å². The number of nitrogens with zero attached hydrogens (tertiary/aromatic N) is 2. The molecule has 1 saturated carbocycles. The van der Waals surface area contributed by atoms with Gasteiger partial charge in [0.15, 0.2) is 0 Å². The Morgan fingerprint density at radius 2 is 1.92 bits per heavy atom. The van der Waals surface area contributed by atoms with Gasteiger partial charge in [0, 0.05) is 36.7 Å². The van der Waals surface area contributed by atoms with E-state index >= 15 is 0 Å². The minimum Gasteiger partial charge on any atom is -0.335 e. The van der Waals surface area contributed by atoms with E-state index < -0.39 is 0 Å². The molecular weight excluding hydrogens is 312 g/mol. The molecule has 0 aliphatic heterocycles. The van der Waals surface area contributed by atoms with Gasteiger partial charge in [-0.3, -0.25) is 9.97 Å². The summed E-state index contributed by atoms with van der Waals surface area (Å²) in [5.41, 5.74) is 3.08. The van der Waals surface area contributed by atoms with Crippen molar-refractivity contribution >= 4 is 11.7 Å². The molecular formula is C20H26N4O. The van der Waals surface area contributed by atoms with Crippen LogP contribution in [0, 0.1) is 0 Å². The zero-order chi connectivity index (χ0) is 17.5. The maximum Gasteiger partial charge on any atom is 0.319 e. The van der Waals surface area contributed by atoms with E-state index in [1.165, 1.54) is 37.7 Å². The monoisotopic (exact) mass is 338 g/mol. The number of benzene rings is 1. The Balaban J connectivity index is 1.48. The van der Waals surface area contributed by atoms with Gasteiger partial charge in [-0.15, -0.1) is 0 Å². The molecule has 5 nitrogen and oxygen atoms in total. The molecule has 3 rings (SSSR count). The lowest BCUT2D eigenvalue weighted by Gasteiger charge is -2.22. The minimum atomic E-state index is -0.193. The number of aromatic nitrogens is 2. The van der Waals surface area contributed by atoms with Gasteiger partial charge in [-0.05, 0) is 43.4 Å². The van der Waals surface area contributed by atoms with Gasteiger partial charge in [0.05, 0.1) is 5.69 Å². The Labute approximate surface area is 149 Å². The van der Waals surface area contributed by atoms with E-state index in [1.54, 1.807) is 18.6 Å². The van der Waals surface area contributed by atoms with Crippen molar-refractivity contribution in [1.29, 1.82) is 0 Å². The van der Waals surface area contributed by atoms with Crippen molar-refractivity contribution in [2.24, 2.45) is 0 Å². The van der Waals surface area contributed by atoms with Crippen LogP contribution in [-0.4, -0.2) is 22.0 Å². The second-order valence-electron chi connectivity index (χ2n) is 6.86. The lowest BCUT2D eigenvalue weighted by Crippen LogP contribution is -2.37. The van der Waals surface area contributed by atoms with Crippen molar-refractivity contribution in [3.63, 3.8) is 0 Å². The third-order valence-electron chi connectivity index (χ3n) is 4.75.